The lowest BCUT2D eigenvalue weighted by Crippen LogP contribution is -2.46. The Kier molecular flexibility index (Phi) is 6.24. The second kappa shape index (κ2) is 8.65. The van der Waals surface area contributed by atoms with Gasteiger partial charge in [0.1, 0.15) is 5.76 Å². The Morgan fingerprint density at radius 2 is 1.93 bits per heavy atom. The van der Waals surface area contributed by atoms with Gasteiger partial charge in [0.05, 0.1) is 5.69 Å². The molecule has 0 unspecified atom stereocenters. The number of piperazine rings is 1. The van der Waals surface area contributed by atoms with Crippen molar-refractivity contribution in [3.05, 3.63) is 46.3 Å². The Hall–Kier alpha value is -2.54. The van der Waals surface area contributed by atoms with Crippen LogP contribution in [0.4, 0.5) is 5.69 Å². The maximum Gasteiger partial charge on any atom is 0.175 e. The lowest BCUT2D eigenvalue weighted by atomic mass is 9.99. The lowest BCUT2D eigenvalue weighted by Gasteiger charge is -2.37. The van der Waals surface area contributed by atoms with E-state index in [2.05, 4.69) is 46.1 Å². The Bertz CT molecular complexity index is 829. The number of rotatable bonds is 6. The molecular formula is C21H30N6O. The summed E-state index contributed by atoms with van der Waals surface area (Å²) in [7, 11) is 0. The first-order valence-electron chi connectivity index (χ1n) is 9.87. The summed E-state index contributed by atoms with van der Waals surface area (Å²) in [5, 5.41) is 15.5. The third-order valence-electron chi connectivity index (χ3n) is 5.35. The van der Waals surface area contributed by atoms with Crippen LogP contribution in [-0.4, -0.2) is 42.1 Å². The molecule has 1 aliphatic heterocycles. The predicted octanol–water partition coefficient (Wildman–Crippen LogP) is 4.17. The fourth-order valence-corrected chi connectivity index (χ4v) is 3.80. The topological polar surface area (TPSA) is 92.6 Å². The number of aromatic nitrogens is 1. The SMILES string of the molecule is Cc1noc(C)c1CN1CCN(c2cc(CC(C)C)ccc2C(=N)N=N)CC1. The normalized spacial score (nSPS) is 15.2. The van der Waals surface area contributed by atoms with Gasteiger partial charge in [0, 0.05) is 49.5 Å². The van der Waals surface area contributed by atoms with Gasteiger partial charge in [-0.1, -0.05) is 25.1 Å². The van der Waals surface area contributed by atoms with E-state index in [-0.39, 0.29) is 5.84 Å². The van der Waals surface area contributed by atoms with Crippen LogP contribution in [0.3, 0.4) is 0 Å². The first kappa shape index (κ1) is 20.2. The highest BCUT2D eigenvalue weighted by atomic mass is 16.5. The molecular weight excluding hydrogens is 352 g/mol. The first-order valence-corrected chi connectivity index (χ1v) is 9.87. The third kappa shape index (κ3) is 4.47. The van der Waals surface area contributed by atoms with Crippen LogP contribution in [0.2, 0.25) is 0 Å². The summed E-state index contributed by atoms with van der Waals surface area (Å²) in [6.45, 7) is 12.9. The van der Waals surface area contributed by atoms with Crippen LogP contribution >= 0.6 is 0 Å². The van der Waals surface area contributed by atoms with Gasteiger partial charge in [0.25, 0.3) is 0 Å². The smallest absolute Gasteiger partial charge is 0.175 e. The average Bonchev–Trinajstić information content (AvgIpc) is 2.99. The van der Waals surface area contributed by atoms with Gasteiger partial charge in [-0.3, -0.25) is 10.3 Å². The van der Waals surface area contributed by atoms with Crippen molar-refractivity contribution in [2.45, 2.75) is 40.7 Å². The van der Waals surface area contributed by atoms with Gasteiger partial charge < -0.3 is 9.42 Å². The van der Waals surface area contributed by atoms with Gasteiger partial charge in [-0.15, -0.1) is 5.11 Å². The molecule has 0 amide bonds. The minimum atomic E-state index is 0.0178. The minimum absolute atomic E-state index is 0.0178. The fourth-order valence-electron chi connectivity index (χ4n) is 3.80. The van der Waals surface area contributed by atoms with Crippen LogP contribution in [0, 0.1) is 30.7 Å². The molecule has 1 fully saturated rings. The summed E-state index contributed by atoms with van der Waals surface area (Å²) >= 11 is 0. The number of nitrogens with zero attached hydrogens (tertiary/aromatic N) is 4. The maximum absolute atomic E-state index is 8.06. The Labute approximate surface area is 166 Å². The zero-order valence-electron chi connectivity index (χ0n) is 17.2. The number of benzene rings is 1. The number of amidine groups is 1. The predicted molar refractivity (Wildman–Crippen MR) is 110 cm³/mol. The molecule has 0 atom stereocenters. The highest BCUT2D eigenvalue weighted by Crippen LogP contribution is 2.26. The summed E-state index contributed by atoms with van der Waals surface area (Å²) in [5.41, 5.74) is 12.4. The van der Waals surface area contributed by atoms with Crippen molar-refractivity contribution < 1.29 is 4.52 Å². The van der Waals surface area contributed by atoms with Crippen molar-refractivity contribution in [2.75, 3.05) is 31.1 Å². The highest BCUT2D eigenvalue weighted by molar-refractivity contribution is 6.01. The Balaban J connectivity index is 1.75. The third-order valence-corrected chi connectivity index (χ3v) is 5.35. The van der Waals surface area contributed by atoms with Crippen molar-refractivity contribution in [3.63, 3.8) is 0 Å². The van der Waals surface area contributed by atoms with Crippen LogP contribution < -0.4 is 4.90 Å². The number of aryl methyl sites for hydroxylation is 2. The van der Waals surface area contributed by atoms with Crippen molar-refractivity contribution in [1.29, 1.82) is 10.9 Å². The quantitative estimate of drug-likeness (QED) is 0.445. The molecule has 0 radical (unpaired) electrons. The van der Waals surface area contributed by atoms with E-state index in [0.29, 0.717) is 5.92 Å². The Morgan fingerprint density at radius 3 is 2.50 bits per heavy atom. The molecule has 0 bridgehead atoms. The molecule has 1 aliphatic rings. The van der Waals surface area contributed by atoms with Crippen LogP contribution in [-0.2, 0) is 13.0 Å². The van der Waals surface area contributed by atoms with E-state index in [1.54, 1.807) is 0 Å². The molecule has 0 saturated carbocycles. The molecule has 0 aliphatic carbocycles. The van der Waals surface area contributed by atoms with Crippen LogP contribution in [0.5, 0.6) is 0 Å². The van der Waals surface area contributed by atoms with Crippen molar-refractivity contribution in [3.8, 4) is 0 Å². The molecule has 1 aromatic heterocycles. The van der Waals surface area contributed by atoms with Gasteiger partial charge in [-0.05, 0) is 43.9 Å². The molecule has 2 heterocycles. The molecule has 28 heavy (non-hydrogen) atoms. The number of anilines is 1. The van der Waals surface area contributed by atoms with Crippen molar-refractivity contribution in [2.24, 2.45) is 11.0 Å². The first-order chi connectivity index (χ1) is 13.4. The summed E-state index contributed by atoms with van der Waals surface area (Å²) < 4.78 is 5.29. The largest absolute Gasteiger partial charge is 0.368 e. The number of hydrogen-bond acceptors (Lipinski definition) is 6. The van der Waals surface area contributed by atoms with E-state index in [4.69, 9.17) is 15.5 Å². The molecule has 3 rings (SSSR count). The van der Waals surface area contributed by atoms with Gasteiger partial charge in [0.2, 0.25) is 0 Å². The molecule has 7 heteroatoms. The number of hydrogen-bond donors (Lipinski definition) is 2. The zero-order chi connectivity index (χ0) is 20.3. The van der Waals surface area contributed by atoms with Crippen molar-refractivity contribution in [1.82, 2.24) is 10.1 Å². The summed E-state index contributed by atoms with van der Waals surface area (Å²) in [6.07, 6.45) is 1.00. The second-order valence-electron chi connectivity index (χ2n) is 7.98. The highest BCUT2D eigenvalue weighted by Gasteiger charge is 2.23. The van der Waals surface area contributed by atoms with E-state index in [1.165, 1.54) is 11.1 Å². The van der Waals surface area contributed by atoms with E-state index >= 15 is 0 Å². The van der Waals surface area contributed by atoms with E-state index in [9.17, 15) is 0 Å². The molecule has 0 spiro atoms. The lowest BCUT2D eigenvalue weighted by molar-refractivity contribution is 0.248. The van der Waals surface area contributed by atoms with Gasteiger partial charge >= 0.3 is 0 Å². The van der Waals surface area contributed by atoms with Crippen LogP contribution in [0.15, 0.2) is 27.8 Å². The summed E-state index contributed by atoms with van der Waals surface area (Å²) in [4.78, 5) is 4.74. The van der Waals surface area contributed by atoms with E-state index < -0.39 is 0 Å². The molecule has 150 valence electrons. The van der Waals surface area contributed by atoms with Crippen LogP contribution in [0.25, 0.3) is 0 Å². The fraction of sp³-hybridized carbons (Fsp3) is 0.524. The molecule has 7 nitrogen and oxygen atoms in total. The standard InChI is InChI=1S/C21H30N6O/c1-14(2)11-17-5-6-18(21(22)24-23)20(12-17)27-9-7-26(8-10-27)13-19-15(3)25-28-16(19)4/h5-6,12,14,22-23H,7-11,13H2,1-4H3. The average molecular weight is 383 g/mol. The molecule has 1 saturated heterocycles. The van der Waals surface area contributed by atoms with Crippen LogP contribution in [0.1, 0.15) is 42.0 Å². The minimum Gasteiger partial charge on any atom is -0.368 e. The van der Waals surface area contributed by atoms with Crippen molar-refractivity contribution >= 4 is 11.5 Å². The molecule has 2 N–H and O–H groups in total. The van der Waals surface area contributed by atoms with Gasteiger partial charge in [-0.25, -0.2) is 5.53 Å². The van der Waals surface area contributed by atoms with Gasteiger partial charge in [0.15, 0.2) is 5.84 Å². The molecule has 1 aromatic carbocycles. The zero-order valence-corrected chi connectivity index (χ0v) is 17.2. The second-order valence-corrected chi connectivity index (χ2v) is 7.98. The number of nitrogens with one attached hydrogen (secondary N) is 2. The van der Waals surface area contributed by atoms with Gasteiger partial charge in [-0.2, -0.15) is 0 Å². The van der Waals surface area contributed by atoms with E-state index in [1.807, 2.05) is 19.9 Å². The monoisotopic (exact) mass is 382 g/mol. The maximum atomic E-state index is 8.06. The van der Waals surface area contributed by atoms with E-state index in [0.717, 1.165) is 61.8 Å². The summed E-state index contributed by atoms with van der Waals surface area (Å²) in [6, 6.07) is 6.19. The summed E-state index contributed by atoms with van der Waals surface area (Å²) in [5.74, 6) is 1.49. The molecule has 2 aromatic rings. The Morgan fingerprint density at radius 1 is 1.21 bits per heavy atom.